The Balaban J connectivity index is 1.33. The molecular formula is C29H32N2O4. The van der Waals surface area contributed by atoms with E-state index >= 15 is 0 Å². The molecular weight excluding hydrogens is 440 g/mol. The van der Waals surface area contributed by atoms with Gasteiger partial charge in [-0.05, 0) is 61.1 Å². The van der Waals surface area contributed by atoms with E-state index in [1.807, 2.05) is 53.4 Å². The number of methoxy groups -OCH3 is 1. The summed E-state index contributed by atoms with van der Waals surface area (Å²) in [7, 11) is 1.65. The standard InChI is InChI=1S/C29H32N2O4/c1-33-27-19-22(15-16-26(27)35-18-7-11-21-9-3-2-4-10-21)28-30-25-14-6-5-13-24(25)29(32)31(28)20-23-12-8-17-34-23/h2-6,9-10,13-16,19,23,28,30H,7-8,11-12,17-18,20H2,1H3. The fourth-order valence-electron chi connectivity index (χ4n) is 4.83. The normalized spacial score (nSPS) is 19.2. The zero-order valence-corrected chi connectivity index (χ0v) is 20.1. The van der Waals surface area contributed by atoms with Gasteiger partial charge in [-0.3, -0.25) is 4.79 Å². The molecule has 2 heterocycles. The maximum absolute atomic E-state index is 13.5. The number of amides is 1. The van der Waals surface area contributed by atoms with Crippen LogP contribution in [0.5, 0.6) is 11.5 Å². The Morgan fingerprint density at radius 2 is 1.86 bits per heavy atom. The van der Waals surface area contributed by atoms with Gasteiger partial charge in [0.2, 0.25) is 0 Å². The fourth-order valence-corrected chi connectivity index (χ4v) is 4.83. The first kappa shape index (κ1) is 23.2. The fraction of sp³-hybridized carbons (Fsp3) is 0.345. The number of rotatable bonds is 9. The number of nitrogens with zero attached hydrogens (tertiary/aromatic N) is 1. The van der Waals surface area contributed by atoms with Gasteiger partial charge >= 0.3 is 0 Å². The quantitative estimate of drug-likeness (QED) is 0.420. The minimum Gasteiger partial charge on any atom is -0.493 e. The van der Waals surface area contributed by atoms with Gasteiger partial charge in [-0.15, -0.1) is 0 Å². The van der Waals surface area contributed by atoms with Crippen LogP contribution in [0.1, 0.15) is 46.9 Å². The summed E-state index contributed by atoms with van der Waals surface area (Å²) in [5, 5.41) is 3.56. The summed E-state index contributed by atoms with van der Waals surface area (Å²) < 4.78 is 17.6. The van der Waals surface area contributed by atoms with Crippen LogP contribution in [0.3, 0.4) is 0 Å². The Morgan fingerprint density at radius 1 is 1.03 bits per heavy atom. The molecule has 1 fully saturated rings. The van der Waals surface area contributed by atoms with E-state index in [0.717, 1.165) is 43.5 Å². The summed E-state index contributed by atoms with van der Waals surface area (Å²) in [5.74, 6) is 1.38. The first-order valence-corrected chi connectivity index (χ1v) is 12.4. The second-order valence-electron chi connectivity index (χ2n) is 9.03. The number of ether oxygens (including phenoxy) is 3. The van der Waals surface area contributed by atoms with Crippen LogP contribution in [0, 0.1) is 0 Å². The molecule has 2 unspecified atom stereocenters. The molecule has 1 N–H and O–H groups in total. The van der Waals surface area contributed by atoms with Crippen molar-refractivity contribution in [3.63, 3.8) is 0 Å². The number of carbonyl (C=O) groups is 1. The zero-order valence-electron chi connectivity index (χ0n) is 20.1. The molecule has 2 atom stereocenters. The van der Waals surface area contributed by atoms with Crippen LogP contribution < -0.4 is 14.8 Å². The summed E-state index contributed by atoms with van der Waals surface area (Å²) in [4.78, 5) is 15.4. The molecule has 5 rings (SSSR count). The largest absolute Gasteiger partial charge is 0.493 e. The highest BCUT2D eigenvalue weighted by atomic mass is 16.5. The van der Waals surface area contributed by atoms with Crippen molar-refractivity contribution >= 4 is 11.6 Å². The molecule has 35 heavy (non-hydrogen) atoms. The van der Waals surface area contributed by atoms with Crippen LogP contribution in [-0.4, -0.2) is 43.8 Å². The lowest BCUT2D eigenvalue weighted by atomic mass is 10.0. The van der Waals surface area contributed by atoms with Gasteiger partial charge in [0.25, 0.3) is 5.91 Å². The maximum Gasteiger partial charge on any atom is 0.257 e. The van der Waals surface area contributed by atoms with E-state index < -0.39 is 0 Å². The van der Waals surface area contributed by atoms with Crippen molar-refractivity contribution in [2.24, 2.45) is 0 Å². The number of hydrogen-bond donors (Lipinski definition) is 1. The van der Waals surface area contributed by atoms with Gasteiger partial charge in [0.05, 0.1) is 25.4 Å². The third-order valence-electron chi connectivity index (χ3n) is 6.66. The third-order valence-corrected chi connectivity index (χ3v) is 6.66. The minimum atomic E-state index is -0.317. The number of anilines is 1. The molecule has 3 aromatic carbocycles. The number of benzene rings is 3. The average molecular weight is 473 g/mol. The number of nitrogens with one attached hydrogen (secondary N) is 1. The highest BCUT2D eigenvalue weighted by Gasteiger charge is 2.35. The van der Waals surface area contributed by atoms with E-state index in [2.05, 4.69) is 29.6 Å². The molecule has 6 nitrogen and oxygen atoms in total. The molecule has 0 radical (unpaired) electrons. The average Bonchev–Trinajstić information content (AvgIpc) is 3.42. The molecule has 2 aliphatic heterocycles. The summed E-state index contributed by atoms with van der Waals surface area (Å²) in [6.45, 7) is 1.90. The lowest BCUT2D eigenvalue weighted by Gasteiger charge is -2.39. The van der Waals surface area contributed by atoms with E-state index in [1.165, 1.54) is 5.56 Å². The first-order chi connectivity index (χ1) is 17.2. The van der Waals surface area contributed by atoms with E-state index in [9.17, 15) is 4.79 Å². The van der Waals surface area contributed by atoms with E-state index in [1.54, 1.807) is 7.11 Å². The van der Waals surface area contributed by atoms with Gasteiger partial charge in [-0.2, -0.15) is 0 Å². The van der Waals surface area contributed by atoms with E-state index in [-0.39, 0.29) is 18.2 Å². The van der Waals surface area contributed by atoms with Gasteiger partial charge in [0, 0.05) is 18.8 Å². The number of aryl methyl sites for hydroxylation is 1. The van der Waals surface area contributed by atoms with Crippen LogP contribution in [0.15, 0.2) is 72.8 Å². The second kappa shape index (κ2) is 10.8. The monoisotopic (exact) mass is 472 g/mol. The topological polar surface area (TPSA) is 60.0 Å². The van der Waals surface area contributed by atoms with Crippen molar-refractivity contribution < 1.29 is 19.0 Å². The lowest BCUT2D eigenvalue weighted by molar-refractivity contribution is 0.0426. The molecule has 3 aromatic rings. The Labute approximate surface area is 206 Å². The summed E-state index contributed by atoms with van der Waals surface area (Å²) in [5.41, 5.74) is 3.77. The zero-order chi connectivity index (χ0) is 24.0. The van der Waals surface area contributed by atoms with Crippen LogP contribution in [0.4, 0.5) is 5.69 Å². The second-order valence-corrected chi connectivity index (χ2v) is 9.03. The lowest BCUT2D eigenvalue weighted by Crippen LogP contribution is -2.46. The molecule has 0 aromatic heterocycles. The summed E-state index contributed by atoms with van der Waals surface area (Å²) in [6, 6.07) is 24.0. The molecule has 2 aliphatic rings. The Kier molecular flexibility index (Phi) is 7.19. The molecule has 6 heteroatoms. The van der Waals surface area contributed by atoms with Gasteiger partial charge in [0.15, 0.2) is 11.5 Å². The number of carbonyl (C=O) groups excluding carboxylic acids is 1. The van der Waals surface area contributed by atoms with Crippen LogP contribution in [0.2, 0.25) is 0 Å². The smallest absolute Gasteiger partial charge is 0.257 e. The van der Waals surface area contributed by atoms with Gasteiger partial charge in [-0.1, -0.05) is 48.5 Å². The highest BCUT2D eigenvalue weighted by Crippen LogP contribution is 2.37. The minimum absolute atomic E-state index is 0.0139. The van der Waals surface area contributed by atoms with Crippen molar-refractivity contribution in [1.82, 2.24) is 4.90 Å². The molecule has 0 bridgehead atoms. The molecule has 0 spiro atoms. The van der Waals surface area contributed by atoms with Crippen molar-refractivity contribution in [3.05, 3.63) is 89.5 Å². The Bertz CT molecular complexity index is 1140. The predicted octanol–water partition coefficient (Wildman–Crippen LogP) is 5.45. The predicted molar refractivity (Wildman–Crippen MR) is 136 cm³/mol. The van der Waals surface area contributed by atoms with Crippen molar-refractivity contribution in [2.45, 2.75) is 38.0 Å². The van der Waals surface area contributed by atoms with Gasteiger partial charge in [0.1, 0.15) is 6.17 Å². The Hall–Kier alpha value is -3.51. The van der Waals surface area contributed by atoms with Gasteiger partial charge < -0.3 is 24.4 Å². The summed E-state index contributed by atoms with van der Waals surface area (Å²) in [6.07, 6.45) is 3.63. The summed E-state index contributed by atoms with van der Waals surface area (Å²) >= 11 is 0. The van der Waals surface area contributed by atoms with Gasteiger partial charge in [-0.25, -0.2) is 0 Å². The first-order valence-electron chi connectivity index (χ1n) is 12.4. The number of hydrogen-bond acceptors (Lipinski definition) is 5. The van der Waals surface area contributed by atoms with Crippen LogP contribution >= 0.6 is 0 Å². The van der Waals surface area contributed by atoms with E-state index in [0.29, 0.717) is 30.2 Å². The third kappa shape index (κ3) is 5.28. The molecule has 1 amide bonds. The Morgan fingerprint density at radius 3 is 2.66 bits per heavy atom. The molecule has 1 saturated heterocycles. The number of fused-ring (bicyclic) bond motifs is 1. The SMILES string of the molecule is COc1cc(C2Nc3ccccc3C(=O)N2CC2CCCO2)ccc1OCCCc1ccccc1. The number of para-hydroxylation sites is 1. The van der Waals surface area contributed by atoms with Crippen LogP contribution in [-0.2, 0) is 11.2 Å². The van der Waals surface area contributed by atoms with Crippen LogP contribution in [0.25, 0.3) is 0 Å². The molecule has 0 saturated carbocycles. The molecule has 182 valence electrons. The maximum atomic E-state index is 13.5. The highest BCUT2D eigenvalue weighted by molar-refractivity contribution is 6.01. The van der Waals surface area contributed by atoms with Crippen molar-refractivity contribution in [2.75, 3.05) is 32.2 Å². The van der Waals surface area contributed by atoms with Crippen molar-refractivity contribution in [3.8, 4) is 11.5 Å². The van der Waals surface area contributed by atoms with Crippen molar-refractivity contribution in [1.29, 1.82) is 0 Å². The molecule has 0 aliphatic carbocycles. The van der Waals surface area contributed by atoms with E-state index in [4.69, 9.17) is 14.2 Å².